The van der Waals surface area contributed by atoms with E-state index in [1.807, 2.05) is 0 Å². The molecule has 0 aromatic carbocycles. The second-order valence-corrected chi connectivity index (χ2v) is 6.16. The van der Waals surface area contributed by atoms with Crippen LogP contribution in [0.2, 0.25) is 0 Å². The molecular formula is C10H13Cl3N2O5. The molecule has 1 aliphatic heterocycles. The van der Waals surface area contributed by atoms with Crippen LogP contribution in [-0.4, -0.2) is 37.9 Å². The third-order valence-corrected chi connectivity index (χ3v) is 3.17. The van der Waals surface area contributed by atoms with Crippen LogP contribution in [0.3, 0.4) is 0 Å². The summed E-state index contributed by atoms with van der Waals surface area (Å²) in [5.41, 5.74) is -1.18. The molecule has 2 N–H and O–H groups in total. The first-order chi connectivity index (χ1) is 8.86. The number of nitro groups is 1. The van der Waals surface area contributed by atoms with Crippen molar-refractivity contribution in [2.45, 2.75) is 25.8 Å². The third kappa shape index (κ3) is 4.59. The first kappa shape index (κ1) is 19.1. The average molecular weight is 348 g/mol. The van der Waals surface area contributed by atoms with E-state index in [-0.39, 0.29) is 10.2 Å². The van der Waals surface area contributed by atoms with Gasteiger partial charge in [0, 0.05) is 0 Å². The van der Waals surface area contributed by atoms with Gasteiger partial charge in [-0.25, -0.2) is 4.99 Å². The molecule has 0 amide bonds. The molecule has 0 saturated heterocycles. The van der Waals surface area contributed by atoms with E-state index < -0.39 is 33.6 Å². The number of hydrogen-bond donors (Lipinski definition) is 2. The lowest BCUT2D eigenvalue weighted by Gasteiger charge is -2.11. The van der Waals surface area contributed by atoms with Gasteiger partial charge in [0.2, 0.25) is 5.00 Å². The maximum atomic E-state index is 10.5. The van der Waals surface area contributed by atoms with Crippen LogP contribution in [0, 0.1) is 15.5 Å². The van der Waals surface area contributed by atoms with Gasteiger partial charge in [-0.3, -0.25) is 14.9 Å². The van der Waals surface area contributed by atoms with Crippen LogP contribution in [0.15, 0.2) is 15.7 Å². The number of aliphatic imine (C=N–C) groups is 1. The molecule has 0 saturated carbocycles. The van der Waals surface area contributed by atoms with E-state index in [0.717, 1.165) is 0 Å². The summed E-state index contributed by atoms with van der Waals surface area (Å²) in [4.78, 5) is 21.3. The van der Waals surface area contributed by atoms with Crippen molar-refractivity contribution in [1.29, 1.82) is 0 Å². The van der Waals surface area contributed by atoms with E-state index in [0.29, 0.717) is 0 Å². The molecule has 20 heavy (non-hydrogen) atoms. The van der Waals surface area contributed by atoms with Gasteiger partial charge in [-0.2, -0.15) is 0 Å². The Morgan fingerprint density at radius 2 is 1.85 bits per heavy atom. The van der Waals surface area contributed by atoms with Crippen molar-refractivity contribution in [3.05, 3.63) is 20.8 Å². The van der Waals surface area contributed by atoms with Gasteiger partial charge >= 0.3 is 11.7 Å². The number of allylic oxidation sites excluding steroid dienone is 1. The molecule has 0 fully saturated rings. The van der Waals surface area contributed by atoms with Crippen LogP contribution in [-0.2, 0) is 4.79 Å². The van der Waals surface area contributed by atoms with Crippen LogP contribution in [0.4, 0.5) is 0 Å². The van der Waals surface area contributed by atoms with Crippen molar-refractivity contribution in [3.63, 3.8) is 0 Å². The Hall–Kier alpha value is -0.890. The Bertz CT molecular complexity index is 484. The molecule has 114 valence electrons. The Balaban J connectivity index is 0.000000441. The predicted molar refractivity (Wildman–Crippen MR) is 75.9 cm³/mol. The standard InChI is InChI=1S/C5H3Cl3N2O3.C5H10O2/c6-2-3(10(12)13)5(8,1-11)9-4(2)7;1-5(2,3)4(6)7/h11H,1H2;1-3H3,(H,6,7). The topological polar surface area (TPSA) is 113 Å². The van der Waals surface area contributed by atoms with Crippen molar-refractivity contribution in [2.75, 3.05) is 6.61 Å². The molecule has 1 unspecified atom stereocenters. The Morgan fingerprint density at radius 3 is 2.05 bits per heavy atom. The van der Waals surface area contributed by atoms with E-state index in [2.05, 4.69) is 4.99 Å². The molecule has 0 aromatic rings. The van der Waals surface area contributed by atoms with Gasteiger partial charge in [0.1, 0.15) is 0 Å². The van der Waals surface area contributed by atoms with Crippen LogP contribution in [0.5, 0.6) is 0 Å². The lowest BCUT2D eigenvalue weighted by molar-refractivity contribution is -0.431. The molecule has 0 spiro atoms. The second-order valence-electron chi connectivity index (χ2n) is 4.79. The summed E-state index contributed by atoms with van der Waals surface area (Å²) in [7, 11) is 0. The molecule has 0 bridgehead atoms. The number of aliphatic hydroxyl groups is 1. The lowest BCUT2D eigenvalue weighted by atomic mass is 9.98. The van der Waals surface area contributed by atoms with Gasteiger partial charge in [0.05, 0.1) is 16.9 Å². The number of aliphatic carboxylic acids is 1. The number of nitrogens with zero attached hydrogens (tertiary/aromatic N) is 2. The van der Waals surface area contributed by atoms with Crippen LogP contribution in [0.25, 0.3) is 0 Å². The number of carbonyl (C=O) groups is 1. The zero-order chi connectivity index (χ0) is 16.3. The van der Waals surface area contributed by atoms with Gasteiger partial charge in [0.25, 0.3) is 0 Å². The van der Waals surface area contributed by atoms with Crippen molar-refractivity contribution < 1.29 is 19.9 Å². The fraction of sp³-hybridized carbons (Fsp3) is 0.600. The number of aliphatic hydroxyl groups excluding tert-OH is 1. The summed E-state index contributed by atoms with van der Waals surface area (Å²) < 4.78 is 0. The minimum Gasteiger partial charge on any atom is -0.481 e. The highest BCUT2D eigenvalue weighted by Crippen LogP contribution is 2.38. The Kier molecular flexibility index (Phi) is 6.41. The first-order valence-electron chi connectivity index (χ1n) is 5.20. The zero-order valence-corrected chi connectivity index (χ0v) is 13.1. The Labute approximate surface area is 130 Å². The molecule has 1 rings (SSSR count). The SMILES string of the molecule is CC(C)(C)C(=O)O.O=[N+]([O-])C1=C(Cl)C(Cl)=NC1(Cl)CO. The van der Waals surface area contributed by atoms with Gasteiger partial charge < -0.3 is 10.2 Å². The van der Waals surface area contributed by atoms with Gasteiger partial charge in [-0.1, -0.05) is 34.8 Å². The van der Waals surface area contributed by atoms with E-state index in [9.17, 15) is 14.9 Å². The van der Waals surface area contributed by atoms with Crippen molar-refractivity contribution in [2.24, 2.45) is 10.4 Å². The van der Waals surface area contributed by atoms with Crippen LogP contribution < -0.4 is 0 Å². The Morgan fingerprint density at radius 1 is 1.45 bits per heavy atom. The van der Waals surface area contributed by atoms with E-state index in [4.69, 9.17) is 45.0 Å². The number of carboxylic acid groups (broad SMARTS) is 1. The highest BCUT2D eigenvalue weighted by atomic mass is 35.5. The second kappa shape index (κ2) is 6.71. The summed E-state index contributed by atoms with van der Waals surface area (Å²) >= 11 is 16.5. The number of hydrogen-bond acceptors (Lipinski definition) is 5. The minimum absolute atomic E-state index is 0.266. The van der Waals surface area contributed by atoms with Crippen molar-refractivity contribution in [3.8, 4) is 0 Å². The smallest absolute Gasteiger partial charge is 0.312 e. The van der Waals surface area contributed by atoms with Crippen molar-refractivity contribution >= 4 is 45.9 Å². The fourth-order valence-electron chi connectivity index (χ4n) is 0.854. The molecule has 0 aromatic heterocycles. The lowest BCUT2D eigenvalue weighted by Crippen LogP contribution is -2.28. The molecule has 7 nitrogen and oxygen atoms in total. The highest BCUT2D eigenvalue weighted by molar-refractivity contribution is 6.77. The summed E-state index contributed by atoms with van der Waals surface area (Å²) in [5, 5.41) is 26.9. The molecule has 0 aliphatic carbocycles. The predicted octanol–water partition coefficient (Wildman–Crippen LogP) is 2.41. The largest absolute Gasteiger partial charge is 0.481 e. The zero-order valence-electron chi connectivity index (χ0n) is 10.9. The summed E-state index contributed by atoms with van der Waals surface area (Å²) in [6.45, 7) is 4.25. The highest BCUT2D eigenvalue weighted by Gasteiger charge is 2.48. The number of rotatable bonds is 2. The van der Waals surface area contributed by atoms with Gasteiger partial charge in [0.15, 0.2) is 10.2 Å². The van der Waals surface area contributed by atoms with Gasteiger partial charge in [-0.05, 0) is 20.8 Å². The number of alkyl halides is 1. The molecule has 1 heterocycles. The summed E-state index contributed by atoms with van der Waals surface area (Å²) in [6, 6.07) is 0. The first-order valence-corrected chi connectivity index (χ1v) is 6.33. The third-order valence-electron chi connectivity index (χ3n) is 2.06. The molecular weight excluding hydrogens is 334 g/mol. The monoisotopic (exact) mass is 346 g/mol. The quantitative estimate of drug-likeness (QED) is 0.345. The van der Waals surface area contributed by atoms with Gasteiger partial charge in [-0.15, -0.1) is 0 Å². The minimum atomic E-state index is -1.85. The fourth-order valence-corrected chi connectivity index (χ4v) is 1.69. The van der Waals surface area contributed by atoms with Crippen molar-refractivity contribution in [1.82, 2.24) is 0 Å². The average Bonchev–Trinajstić information content (AvgIpc) is 2.50. The normalized spacial score (nSPS) is 22.1. The number of halogens is 3. The van der Waals surface area contributed by atoms with Crippen LogP contribution >= 0.6 is 34.8 Å². The molecule has 1 atom stereocenters. The maximum absolute atomic E-state index is 10.5. The molecule has 1 aliphatic rings. The maximum Gasteiger partial charge on any atom is 0.312 e. The van der Waals surface area contributed by atoms with Crippen LogP contribution in [0.1, 0.15) is 20.8 Å². The van der Waals surface area contributed by atoms with E-state index >= 15 is 0 Å². The number of carboxylic acids is 1. The summed E-state index contributed by atoms with van der Waals surface area (Å²) in [6.07, 6.45) is 0. The molecule has 0 radical (unpaired) electrons. The van der Waals surface area contributed by atoms with E-state index in [1.165, 1.54) is 0 Å². The summed E-state index contributed by atoms with van der Waals surface area (Å²) in [5.74, 6) is -0.757. The molecule has 10 heteroatoms. The van der Waals surface area contributed by atoms with E-state index in [1.54, 1.807) is 20.8 Å².